The number of hydrogen-bond acceptors (Lipinski definition) is 4. The van der Waals surface area contributed by atoms with E-state index in [2.05, 4.69) is 5.32 Å². The molecular formula is C13H10BClN2O2S. The van der Waals surface area contributed by atoms with Crippen LogP contribution in [0.4, 0.5) is 5.69 Å². The minimum Gasteiger partial charge on any atom is -0.512 e. The molecule has 0 spiro atoms. The zero-order chi connectivity index (χ0) is 14.7. The van der Waals surface area contributed by atoms with Gasteiger partial charge in [0.15, 0.2) is 0 Å². The smallest absolute Gasteiger partial charge is 0.351 e. The summed E-state index contributed by atoms with van der Waals surface area (Å²) < 4.78 is 0. The Morgan fingerprint density at radius 3 is 2.95 bits per heavy atom. The molecule has 0 amide bonds. The first-order chi connectivity index (χ1) is 9.52. The van der Waals surface area contributed by atoms with Crippen LogP contribution in [0.2, 0.25) is 11.3 Å². The standard InChI is InChI=1S/C13H10BClN2O2S/c15-8-2-1-3-9(6-8)17-13(20)11-10(18)4-5-14(7-16)12(11)19/h1-3,6,18H,4-5H2,(H,17,20). The van der Waals surface area contributed by atoms with Crippen molar-refractivity contribution in [3.05, 3.63) is 40.6 Å². The molecule has 0 saturated heterocycles. The third-order valence-corrected chi connectivity index (χ3v) is 3.53. The predicted octanol–water partition coefficient (Wildman–Crippen LogP) is 2.96. The Morgan fingerprint density at radius 1 is 1.55 bits per heavy atom. The Kier molecular flexibility index (Phi) is 4.43. The van der Waals surface area contributed by atoms with E-state index in [4.69, 9.17) is 29.1 Å². The maximum atomic E-state index is 12.1. The quantitative estimate of drug-likeness (QED) is 0.649. The van der Waals surface area contributed by atoms with E-state index in [1.165, 1.54) is 0 Å². The topological polar surface area (TPSA) is 73.1 Å². The van der Waals surface area contributed by atoms with Gasteiger partial charge in [-0.15, -0.1) is 0 Å². The number of aliphatic hydroxyl groups excluding tert-OH is 1. The largest absolute Gasteiger partial charge is 0.512 e. The summed E-state index contributed by atoms with van der Waals surface area (Å²) in [5, 5.41) is 22.2. The molecular weight excluding hydrogens is 294 g/mol. The second-order valence-electron chi connectivity index (χ2n) is 4.37. The van der Waals surface area contributed by atoms with Gasteiger partial charge in [-0.2, -0.15) is 0 Å². The highest BCUT2D eigenvalue weighted by Gasteiger charge is 2.35. The maximum absolute atomic E-state index is 12.1. The number of nitriles is 1. The lowest BCUT2D eigenvalue weighted by atomic mass is 9.41. The molecule has 1 aliphatic rings. The number of allylic oxidation sites excluding steroid dienone is 1. The van der Waals surface area contributed by atoms with Gasteiger partial charge in [0.25, 0.3) is 0 Å². The van der Waals surface area contributed by atoms with E-state index in [9.17, 15) is 9.90 Å². The van der Waals surface area contributed by atoms with E-state index in [-0.39, 0.29) is 22.7 Å². The van der Waals surface area contributed by atoms with Gasteiger partial charge >= 0.3 is 6.71 Å². The Bertz CT molecular complexity index is 654. The van der Waals surface area contributed by atoms with Crippen LogP contribution in [-0.4, -0.2) is 22.5 Å². The number of nitrogens with zero attached hydrogens (tertiary/aromatic N) is 1. The molecule has 0 unspecified atom stereocenters. The van der Waals surface area contributed by atoms with Crippen molar-refractivity contribution in [2.75, 3.05) is 5.32 Å². The van der Waals surface area contributed by atoms with Gasteiger partial charge in [0.2, 0.25) is 0 Å². The average molecular weight is 305 g/mol. The summed E-state index contributed by atoms with van der Waals surface area (Å²) >= 11 is 11.0. The summed E-state index contributed by atoms with van der Waals surface area (Å²) in [4.78, 5) is 12.2. The van der Waals surface area contributed by atoms with E-state index in [1.807, 2.05) is 5.97 Å². The van der Waals surface area contributed by atoms with Gasteiger partial charge in [-0.3, -0.25) is 0 Å². The fourth-order valence-corrected chi connectivity index (χ4v) is 2.51. The van der Waals surface area contributed by atoms with Gasteiger partial charge in [0, 0.05) is 23.1 Å². The van der Waals surface area contributed by atoms with Crippen LogP contribution in [-0.2, 0) is 4.79 Å². The lowest BCUT2D eigenvalue weighted by Crippen LogP contribution is -2.35. The highest BCUT2D eigenvalue weighted by Crippen LogP contribution is 2.23. The van der Waals surface area contributed by atoms with Crippen LogP contribution in [0.25, 0.3) is 0 Å². The van der Waals surface area contributed by atoms with Crippen LogP contribution in [0.3, 0.4) is 0 Å². The number of thiocarbonyl (C=S) groups is 1. The van der Waals surface area contributed by atoms with E-state index < -0.39 is 12.4 Å². The Hall–Kier alpha value is -1.84. The van der Waals surface area contributed by atoms with Crippen molar-refractivity contribution in [3.63, 3.8) is 0 Å². The highest BCUT2D eigenvalue weighted by atomic mass is 35.5. The molecule has 4 nitrogen and oxygen atoms in total. The van der Waals surface area contributed by atoms with Crippen molar-refractivity contribution in [3.8, 4) is 5.97 Å². The van der Waals surface area contributed by atoms with Gasteiger partial charge in [0.05, 0.1) is 5.57 Å². The van der Waals surface area contributed by atoms with Gasteiger partial charge in [0.1, 0.15) is 16.4 Å². The van der Waals surface area contributed by atoms with E-state index in [0.29, 0.717) is 17.0 Å². The molecule has 7 heteroatoms. The molecule has 0 bridgehead atoms. The van der Waals surface area contributed by atoms with Gasteiger partial charge in [-0.1, -0.05) is 29.9 Å². The van der Waals surface area contributed by atoms with Crippen molar-refractivity contribution >= 4 is 46.9 Å². The number of rotatable bonds is 2. The van der Waals surface area contributed by atoms with E-state index in [0.717, 1.165) is 0 Å². The van der Waals surface area contributed by atoms with Crippen LogP contribution in [0, 0.1) is 11.2 Å². The van der Waals surface area contributed by atoms with Gasteiger partial charge in [-0.05, 0) is 24.5 Å². The predicted molar refractivity (Wildman–Crippen MR) is 83.1 cm³/mol. The maximum Gasteiger partial charge on any atom is 0.351 e. The molecule has 0 aromatic heterocycles. The van der Waals surface area contributed by atoms with Crippen molar-refractivity contribution in [2.45, 2.75) is 12.7 Å². The van der Waals surface area contributed by atoms with E-state index >= 15 is 0 Å². The molecule has 0 aliphatic carbocycles. The molecule has 1 aromatic rings. The zero-order valence-electron chi connectivity index (χ0n) is 10.4. The Morgan fingerprint density at radius 2 is 2.30 bits per heavy atom. The lowest BCUT2D eigenvalue weighted by molar-refractivity contribution is -0.109. The molecule has 1 heterocycles. The molecule has 0 fully saturated rings. The number of carbonyl (C=O) groups excluding carboxylic acids is 1. The summed E-state index contributed by atoms with van der Waals surface area (Å²) in [6, 6.07) is 6.84. The zero-order valence-corrected chi connectivity index (χ0v) is 12.0. The van der Waals surface area contributed by atoms with E-state index in [1.54, 1.807) is 24.3 Å². The number of hydrogen-bond donors (Lipinski definition) is 2. The van der Waals surface area contributed by atoms with Crippen LogP contribution in [0.15, 0.2) is 35.6 Å². The summed E-state index contributed by atoms with van der Waals surface area (Å²) in [7, 11) is 0. The molecule has 0 saturated carbocycles. The number of anilines is 1. The molecule has 100 valence electrons. The fraction of sp³-hybridized carbons (Fsp3) is 0.154. The second-order valence-corrected chi connectivity index (χ2v) is 5.22. The summed E-state index contributed by atoms with van der Waals surface area (Å²) in [6.45, 7) is -0.750. The SMILES string of the molecule is N#CB1CCC(O)=C(C(=S)Nc2cccc(Cl)c2)C1=O. The first-order valence-electron chi connectivity index (χ1n) is 5.95. The third-order valence-electron chi connectivity index (χ3n) is 2.99. The first-order valence-corrected chi connectivity index (χ1v) is 6.74. The fourth-order valence-electron chi connectivity index (χ4n) is 1.98. The monoisotopic (exact) mass is 304 g/mol. The third kappa shape index (κ3) is 3.01. The molecule has 2 N–H and O–H groups in total. The van der Waals surface area contributed by atoms with Crippen LogP contribution in [0.1, 0.15) is 6.42 Å². The van der Waals surface area contributed by atoms with Crippen molar-refractivity contribution < 1.29 is 9.90 Å². The highest BCUT2D eigenvalue weighted by molar-refractivity contribution is 7.81. The summed E-state index contributed by atoms with van der Waals surface area (Å²) in [6.07, 6.45) is 0.598. The number of carbonyl (C=O) groups is 1. The molecule has 20 heavy (non-hydrogen) atoms. The molecule has 2 rings (SSSR count). The first kappa shape index (κ1) is 14.6. The van der Waals surface area contributed by atoms with Crippen LogP contribution < -0.4 is 5.32 Å². The number of benzene rings is 1. The minimum absolute atomic E-state index is 0.0257. The molecule has 0 atom stereocenters. The number of halogens is 1. The number of aliphatic hydroxyl groups is 1. The average Bonchev–Trinajstić information content (AvgIpc) is 2.39. The van der Waals surface area contributed by atoms with Crippen molar-refractivity contribution in [1.82, 2.24) is 0 Å². The minimum atomic E-state index is -0.750. The van der Waals surface area contributed by atoms with Gasteiger partial charge in [-0.25, -0.2) is 5.26 Å². The Balaban J connectivity index is 2.24. The molecule has 1 aliphatic heterocycles. The molecule has 0 radical (unpaired) electrons. The van der Waals surface area contributed by atoms with Gasteiger partial charge < -0.3 is 15.2 Å². The Labute approximate surface area is 127 Å². The molecule has 1 aromatic carbocycles. The summed E-state index contributed by atoms with van der Waals surface area (Å²) in [5.74, 6) is 1.86. The van der Waals surface area contributed by atoms with Crippen molar-refractivity contribution in [2.24, 2.45) is 0 Å². The van der Waals surface area contributed by atoms with Crippen LogP contribution >= 0.6 is 23.8 Å². The second kappa shape index (κ2) is 6.08. The summed E-state index contributed by atoms with van der Waals surface area (Å²) in [5.41, 5.74) is 0.211. The normalized spacial score (nSPS) is 15.0. The van der Waals surface area contributed by atoms with Crippen molar-refractivity contribution in [1.29, 1.82) is 5.26 Å². The number of nitrogens with one attached hydrogen (secondary N) is 1. The lowest BCUT2D eigenvalue weighted by Gasteiger charge is -2.18. The van der Waals surface area contributed by atoms with Crippen LogP contribution in [0.5, 0.6) is 0 Å².